The van der Waals surface area contributed by atoms with Crippen molar-refractivity contribution < 1.29 is 17.2 Å². The van der Waals surface area contributed by atoms with Crippen LogP contribution in [0.25, 0.3) is 11.0 Å². The fraction of sp³-hybridized carbons (Fsp3) is 0.316. The zero-order valence-electron chi connectivity index (χ0n) is 14.6. The van der Waals surface area contributed by atoms with Crippen LogP contribution in [-0.4, -0.2) is 35.4 Å². The Morgan fingerprint density at radius 1 is 1.00 bits per heavy atom. The van der Waals surface area contributed by atoms with Gasteiger partial charge in [0.05, 0.1) is 17.4 Å². The SMILES string of the molecule is O=S(=O)(c1c(F)cccc1F)N1CCC(Cn2cnc3ccccc32)CC1. The molecule has 1 saturated heterocycles. The molecule has 0 bridgehead atoms. The van der Waals surface area contributed by atoms with E-state index in [1.165, 1.54) is 4.31 Å². The van der Waals surface area contributed by atoms with Gasteiger partial charge in [0.1, 0.15) is 11.6 Å². The molecule has 0 N–H and O–H groups in total. The molecule has 2 aromatic carbocycles. The van der Waals surface area contributed by atoms with Crippen LogP contribution in [-0.2, 0) is 16.6 Å². The molecule has 8 heteroatoms. The first-order chi connectivity index (χ1) is 13.0. The maximum Gasteiger partial charge on any atom is 0.248 e. The number of imidazole rings is 1. The minimum Gasteiger partial charge on any atom is -0.330 e. The van der Waals surface area contributed by atoms with E-state index in [1.807, 2.05) is 24.3 Å². The van der Waals surface area contributed by atoms with Gasteiger partial charge in [0, 0.05) is 19.6 Å². The summed E-state index contributed by atoms with van der Waals surface area (Å²) in [5, 5.41) is 0. The van der Waals surface area contributed by atoms with Crippen LogP contribution in [0.3, 0.4) is 0 Å². The molecule has 5 nitrogen and oxygen atoms in total. The van der Waals surface area contributed by atoms with Crippen molar-refractivity contribution in [2.45, 2.75) is 24.3 Å². The van der Waals surface area contributed by atoms with Crippen LogP contribution in [0.5, 0.6) is 0 Å². The van der Waals surface area contributed by atoms with Crippen molar-refractivity contribution in [3.8, 4) is 0 Å². The molecule has 0 aliphatic carbocycles. The largest absolute Gasteiger partial charge is 0.330 e. The molecule has 0 saturated carbocycles. The van der Waals surface area contributed by atoms with Crippen LogP contribution < -0.4 is 0 Å². The minimum absolute atomic E-state index is 0.243. The number of fused-ring (bicyclic) bond motifs is 1. The number of para-hydroxylation sites is 2. The number of sulfonamides is 1. The molecule has 1 fully saturated rings. The normalized spacial score (nSPS) is 16.8. The Morgan fingerprint density at radius 2 is 1.67 bits per heavy atom. The lowest BCUT2D eigenvalue weighted by molar-refractivity contribution is 0.253. The number of nitrogens with zero attached hydrogens (tertiary/aromatic N) is 3. The molecule has 0 radical (unpaired) electrons. The summed E-state index contributed by atoms with van der Waals surface area (Å²) < 4.78 is 56.4. The van der Waals surface area contributed by atoms with Crippen molar-refractivity contribution in [1.82, 2.24) is 13.9 Å². The van der Waals surface area contributed by atoms with Gasteiger partial charge in [-0.3, -0.25) is 0 Å². The predicted octanol–water partition coefficient (Wildman–Crippen LogP) is 3.42. The van der Waals surface area contributed by atoms with Gasteiger partial charge in [0.15, 0.2) is 4.90 Å². The number of hydrogen-bond donors (Lipinski definition) is 0. The zero-order chi connectivity index (χ0) is 19.0. The van der Waals surface area contributed by atoms with Gasteiger partial charge in [-0.05, 0) is 43.0 Å². The molecule has 27 heavy (non-hydrogen) atoms. The number of hydrogen-bond acceptors (Lipinski definition) is 3. The molecule has 0 amide bonds. The summed E-state index contributed by atoms with van der Waals surface area (Å²) in [6.07, 6.45) is 3.05. The second kappa shape index (κ2) is 7.01. The van der Waals surface area contributed by atoms with Gasteiger partial charge in [-0.15, -0.1) is 0 Å². The van der Waals surface area contributed by atoms with E-state index < -0.39 is 26.6 Å². The topological polar surface area (TPSA) is 55.2 Å². The lowest BCUT2D eigenvalue weighted by Crippen LogP contribution is -2.39. The third-order valence-electron chi connectivity index (χ3n) is 5.07. The highest BCUT2D eigenvalue weighted by atomic mass is 32.2. The van der Waals surface area contributed by atoms with Crippen LogP contribution in [0, 0.1) is 17.6 Å². The standard InChI is InChI=1S/C19H19F2N3O2S/c20-15-4-3-5-16(21)19(15)27(25,26)24-10-8-14(9-11-24)12-23-13-22-17-6-1-2-7-18(17)23/h1-7,13-14H,8-12H2. The van der Waals surface area contributed by atoms with Gasteiger partial charge >= 0.3 is 0 Å². The van der Waals surface area contributed by atoms with Crippen LogP contribution >= 0.6 is 0 Å². The molecule has 1 aliphatic rings. The fourth-order valence-corrected chi connectivity index (χ4v) is 5.20. The van der Waals surface area contributed by atoms with Crippen LogP contribution in [0.15, 0.2) is 53.7 Å². The summed E-state index contributed by atoms with van der Waals surface area (Å²) in [6, 6.07) is 10.9. The average Bonchev–Trinajstić information content (AvgIpc) is 3.05. The second-order valence-corrected chi connectivity index (χ2v) is 8.66. The second-order valence-electron chi connectivity index (χ2n) is 6.78. The Kier molecular flexibility index (Phi) is 4.69. The third-order valence-corrected chi connectivity index (χ3v) is 7.02. The van der Waals surface area contributed by atoms with Gasteiger partial charge in [0.2, 0.25) is 10.0 Å². The zero-order valence-corrected chi connectivity index (χ0v) is 15.4. The lowest BCUT2D eigenvalue weighted by Gasteiger charge is -2.31. The van der Waals surface area contributed by atoms with Gasteiger partial charge in [-0.1, -0.05) is 18.2 Å². The number of aromatic nitrogens is 2. The van der Waals surface area contributed by atoms with E-state index >= 15 is 0 Å². The average molecular weight is 391 g/mol. The number of benzene rings is 2. The van der Waals surface area contributed by atoms with Crippen LogP contribution in [0.4, 0.5) is 8.78 Å². The summed E-state index contributed by atoms with van der Waals surface area (Å²) in [5.74, 6) is -1.83. The molecule has 4 rings (SSSR count). The Labute approximate surface area is 156 Å². The van der Waals surface area contributed by atoms with Gasteiger partial charge < -0.3 is 4.57 Å². The van der Waals surface area contributed by atoms with Crippen molar-refractivity contribution in [1.29, 1.82) is 0 Å². The van der Waals surface area contributed by atoms with Crippen molar-refractivity contribution in [2.75, 3.05) is 13.1 Å². The maximum absolute atomic E-state index is 13.9. The molecular weight excluding hydrogens is 372 g/mol. The quantitative estimate of drug-likeness (QED) is 0.685. The Hall–Kier alpha value is -2.32. The molecule has 1 aliphatic heterocycles. The number of halogens is 2. The molecule has 3 aromatic rings. The first kappa shape index (κ1) is 18.1. The molecule has 0 spiro atoms. The van der Waals surface area contributed by atoms with Gasteiger partial charge in [-0.25, -0.2) is 22.2 Å². The molecule has 1 aromatic heterocycles. The van der Waals surface area contributed by atoms with Crippen molar-refractivity contribution in [2.24, 2.45) is 5.92 Å². The van der Waals surface area contributed by atoms with Crippen molar-refractivity contribution in [3.63, 3.8) is 0 Å². The van der Waals surface area contributed by atoms with Gasteiger partial charge in [-0.2, -0.15) is 4.31 Å². The summed E-state index contributed by atoms with van der Waals surface area (Å²) in [4.78, 5) is 3.51. The molecule has 0 unspecified atom stereocenters. The van der Waals surface area contributed by atoms with Crippen molar-refractivity contribution >= 4 is 21.1 Å². The molecular formula is C19H19F2N3O2S. The molecule has 0 atom stereocenters. The Bertz CT molecular complexity index is 1050. The Morgan fingerprint density at radius 3 is 2.37 bits per heavy atom. The minimum atomic E-state index is -4.18. The van der Waals surface area contributed by atoms with E-state index in [2.05, 4.69) is 9.55 Å². The third kappa shape index (κ3) is 3.35. The monoisotopic (exact) mass is 391 g/mol. The van der Waals surface area contributed by atoms with E-state index in [0.717, 1.165) is 35.8 Å². The van der Waals surface area contributed by atoms with Crippen LogP contribution in [0.2, 0.25) is 0 Å². The summed E-state index contributed by atoms with van der Waals surface area (Å²) >= 11 is 0. The Balaban J connectivity index is 1.47. The smallest absolute Gasteiger partial charge is 0.248 e. The summed E-state index contributed by atoms with van der Waals surface area (Å²) in [7, 11) is -4.18. The van der Waals surface area contributed by atoms with E-state index in [0.29, 0.717) is 12.8 Å². The summed E-state index contributed by atoms with van der Waals surface area (Å²) in [6.45, 7) is 1.23. The first-order valence-corrected chi connectivity index (χ1v) is 10.2. The summed E-state index contributed by atoms with van der Waals surface area (Å²) in [5.41, 5.74) is 1.97. The van der Waals surface area contributed by atoms with E-state index in [4.69, 9.17) is 0 Å². The van der Waals surface area contributed by atoms with E-state index in [1.54, 1.807) is 6.33 Å². The van der Waals surface area contributed by atoms with Gasteiger partial charge in [0.25, 0.3) is 0 Å². The molecule has 142 valence electrons. The highest BCUT2D eigenvalue weighted by Gasteiger charge is 2.33. The highest BCUT2D eigenvalue weighted by Crippen LogP contribution is 2.28. The lowest BCUT2D eigenvalue weighted by atomic mass is 9.98. The number of rotatable bonds is 4. The van der Waals surface area contributed by atoms with Crippen molar-refractivity contribution in [3.05, 3.63) is 60.4 Å². The predicted molar refractivity (Wildman–Crippen MR) is 97.6 cm³/mol. The van der Waals surface area contributed by atoms with E-state index in [-0.39, 0.29) is 19.0 Å². The van der Waals surface area contributed by atoms with E-state index in [9.17, 15) is 17.2 Å². The maximum atomic E-state index is 13.9. The first-order valence-electron chi connectivity index (χ1n) is 8.81. The molecule has 2 heterocycles. The highest BCUT2D eigenvalue weighted by molar-refractivity contribution is 7.89. The number of piperidine rings is 1. The van der Waals surface area contributed by atoms with Crippen LogP contribution in [0.1, 0.15) is 12.8 Å². The fourth-order valence-electron chi connectivity index (χ4n) is 3.62.